The van der Waals surface area contributed by atoms with E-state index in [4.69, 9.17) is 0 Å². The van der Waals surface area contributed by atoms with Crippen LogP contribution in [0.4, 0.5) is 16.2 Å². The number of benzene rings is 2. The summed E-state index contributed by atoms with van der Waals surface area (Å²) in [4.78, 5) is 28.0. The number of ketones is 1. The Hall–Kier alpha value is -3.56. The first-order chi connectivity index (χ1) is 15.5. The van der Waals surface area contributed by atoms with Gasteiger partial charge in [0.15, 0.2) is 5.78 Å². The lowest BCUT2D eigenvalue weighted by atomic mass is 10.0. The van der Waals surface area contributed by atoms with Gasteiger partial charge in [-0.2, -0.15) is 10.2 Å². The number of carbonyl (C=O) groups is 2. The fourth-order valence-corrected chi connectivity index (χ4v) is 4.42. The molecule has 2 heterocycles. The molecule has 0 aromatic heterocycles. The second kappa shape index (κ2) is 8.18. The number of anilines is 2. The van der Waals surface area contributed by atoms with Gasteiger partial charge >= 0.3 is 6.03 Å². The third kappa shape index (κ3) is 3.55. The molecule has 0 radical (unpaired) electrons. The van der Waals surface area contributed by atoms with Crippen LogP contribution in [-0.4, -0.2) is 57.1 Å². The van der Waals surface area contributed by atoms with E-state index in [1.807, 2.05) is 24.3 Å². The van der Waals surface area contributed by atoms with Crippen molar-refractivity contribution in [3.63, 3.8) is 0 Å². The van der Waals surface area contributed by atoms with Crippen LogP contribution in [0.3, 0.4) is 0 Å². The number of Topliss-reactive ketones (excluding diaryl/α,β-unsaturated/α-hetero) is 1. The highest BCUT2D eigenvalue weighted by molar-refractivity contribution is 6.22. The quantitative estimate of drug-likeness (QED) is 0.647. The van der Waals surface area contributed by atoms with E-state index in [2.05, 4.69) is 43.3 Å². The Morgan fingerprint density at radius 3 is 2.59 bits per heavy atom. The van der Waals surface area contributed by atoms with Gasteiger partial charge in [-0.05, 0) is 23.8 Å². The number of hydrogen-bond donors (Lipinski definition) is 3. The summed E-state index contributed by atoms with van der Waals surface area (Å²) in [6.07, 6.45) is 0. The summed E-state index contributed by atoms with van der Waals surface area (Å²) in [5.41, 5.74) is 7.54. The predicted molar refractivity (Wildman–Crippen MR) is 123 cm³/mol. The molecule has 1 unspecified atom stereocenters. The molecule has 2 amide bonds. The fraction of sp³-hybridized carbons (Fsp3) is 0.304. The molecule has 164 valence electrons. The zero-order chi connectivity index (χ0) is 22.2. The third-order valence-electron chi connectivity index (χ3n) is 5.86. The first-order valence-corrected chi connectivity index (χ1v) is 10.7. The molecule has 2 aromatic carbocycles. The number of amides is 2. The van der Waals surface area contributed by atoms with Crippen LogP contribution in [0.25, 0.3) is 5.70 Å². The number of urea groups is 1. The van der Waals surface area contributed by atoms with Crippen molar-refractivity contribution in [3.8, 4) is 0 Å². The number of fused-ring (bicyclic) bond motifs is 3. The molecule has 0 saturated carbocycles. The number of azo groups is 1. The lowest BCUT2D eigenvalue weighted by Gasteiger charge is -2.29. The maximum absolute atomic E-state index is 13.4. The highest BCUT2D eigenvalue weighted by atomic mass is 16.2. The second-order valence-corrected chi connectivity index (χ2v) is 8.22. The molecule has 2 aliphatic heterocycles. The van der Waals surface area contributed by atoms with Crippen LogP contribution < -0.4 is 21.0 Å². The maximum Gasteiger partial charge on any atom is 0.333 e. The first kappa shape index (κ1) is 20.3. The van der Waals surface area contributed by atoms with Crippen molar-refractivity contribution in [2.24, 2.45) is 10.2 Å². The average molecular weight is 432 g/mol. The summed E-state index contributed by atoms with van der Waals surface area (Å²) >= 11 is 0. The largest absolute Gasteiger partial charge is 0.369 e. The van der Waals surface area contributed by atoms with Crippen molar-refractivity contribution in [2.45, 2.75) is 6.04 Å². The molecule has 9 heteroatoms. The summed E-state index contributed by atoms with van der Waals surface area (Å²) in [5.74, 6) is -0.142. The SMILES string of the molecule is CN(C)NC(=O)Nc1cccc2c1C(=O)C1=C(c3ccc(N4CCNCC4)cc3)N=NC12. The minimum atomic E-state index is -0.431. The van der Waals surface area contributed by atoms with Crippen molar-refractivity contribution in [1.29, 1.82) is 0 Å². The van der Waals surface area contributed by atoms with E-state index in [1.165, 1.54) is 5.01 Å². The van der Waals surface area contributed by atoms with Gasteiger partial charge in [0.25, 0.3) is 0 Å². The lowest BCUT2D eigenvalue weighted by molar-refractivity contribution is 0.103. The maximum atomic E-state index is 13.4. The molecule has 1 fully saturated rings. The number of nitrogens with one attached hydrogen (secondary N) is 3. The molecule has 9 nitrogen and oxygen atoms in total. The van der Waals surface area contributed by atoms with Crippen molar-refractivity contribution < 1.29 is 9.59 Å². The highest BCUT2D eigenvalue weighted by Gasteiger charge is 2.42. The topological polar surface area (TPSA) is 101 Å². The molecule has 0 bridgehead atoms. The molecular formula is C23H25N7O2. The van der Waals surface area contributed by atoms with E-state index in [0.29, 0.717) is 22.5 Å². The lowest BCUT2D eigenvalue weighted by Crippen LogP contribution is -2.43. The minimum absolute atomic E-state index is 0.142. The Labute approximate surface area is 186 Å². The number of hydrogen-bond acceptors (Lipinski definition) is 7. The summed E-state index contributed by atoms with van der Waals surface area (Å²) < 4.78 is 0. The Morgan fingerprint density at radius 1 is 1.12 bits per heavy atom. The smallest absolute Gasteiger partial charge is 0.333 e. The van der Waals surface area contributed by atoms with Crippen LogP contribution in [0.1, 0.15) is 27.5 Å². The van der Waals surface area contributed by atoms with Crippen molar-refractivity contribution in [3.05, 3.63) is 64.7 Å². The van der Waals surface area contributed by atoms with Gasteiger partial charge in [-0.25, -0.2) is 9.80 Å². The van der Waals surface area contributed by atoms with E-state index in [9.17, 15) is 9.59 Å². The zero-order valence-electron chi connectivity index (χ0n) is 18.1. The standard InChI is InChI=1S/C23H25N7O2/c1-29(2)28-23(32)25-17-5-3-4-16-18(17)22(31)19-20(26-27-21(16)19)14-6-8-15(9-7-14)30-12-10-24-11-13-30/h3-9,21,24H,10-13H2,1-2H3,(H2,25,28,32). The molecule has 1 saturated heterocycles. The molecule has 5 rings (SSSR count). The summed E-state index contributed by atoms with van der Waals surface area (Å²) in [7, 11) is 3.44. The molecule has 3 N–H and O–H groups in total. The van der Waals surface area contributed by atoms with Crippen LogP contribution in [-0.2, 0) is 0 Å². The number of nitrogens with zero attached hydrogens (tertiary/aromatic N) is 4. The van der Waals surface area contributed by atoms with E-state index in [-0.39, 0.29) is 5.78 Å². The van der Waals surface area contributed by atoms with Gasteiger partial charge in [-0.1, -0.05) is 24.3 Å². The molecule has 1 aliphatic carbocycles. The van der Waals surface area contributed by atoms with Crippen LogP contribution >= 0.6 is 0 Å². The first-order valence-electron chi connectivity index (χ1n) is 10.7. The van der Waals surface area contributed by atoms with Crippen LogP contribution in [0.5, 0.6) is 0 Å². The van der Waals surface area contributed by atoms with Crippen molar-refractivity contribution in [2.75, 3.05) is 50.5 Å². The fourth-order valence-electron chi connectivity index (χ4n) is 4.42. The predicted octanol–water partition coefficient (Wildman–Crippen LogP) is 2.81. The van der Waals surface area contributed by atoms with Crippen LogP contribution in [0.2, 0.25) is 0 Å². The summed E-state index contributed by atoms with van der Waals surface area (Å²) in [5, 5.41) is 16.4. The number of carbonyl (C=O) groups excluding carboxylic acids is 2. The molecule has 1 atom stereocenters. The second-order valence-electron chi connectivity index (χ2n) is 8.22. The van der Waals surface area contributed by atoms with Crippen LogP contribution in [0, 0.1) is 0 Å². The molecule has 2 aromatic rings. The Morgan fingerprint density at radius 2 is 1.88 bits per heavy atom. The van der Waals surface area contributed by atoms with E-state index < -0.39 is 12.1 Å². The normalized spacial score (nSPS) is 19.4. The van der Waals surface area contributed by atoms with Gasteiger partial charge in [0.05, 0.1) is 16.8 Å². The van der Waals surface area contributed by atoms with Gasteiger partial charge in [-0.15, -0.1) is 0 Å². The molecule has 32 heavy (non-hydrogen) atoms. The van der Waals surface area contributed by atoms with E-state index in [1.54, 1.807) is 20.2 Å². The summed E-state index contributed by atoms with van der Waals surface area (Å²) in [6.45, 7) is 3.89. The van der Waals surface area contributed by atoms with Crippen LogP contribution in [0.15, 0.2) is 58.3 Å². The van der Waals surface area contributed by atoms with E-state index >= 15 is 0 Å². The van der Waals surface area contributed by atoms with Gasteiger partial charge in [0.2, 0.25) is 0 Å². The van der Waals surface area contributed by atoms with E-state index in [0.717, 1.165) is 43.0 Å². The number of hydrazine groups is 1. The minimum Gasteiger partial charge on any atom is -0.369 e. The highest BCUT2D eigenvalue weighted by Crippen LogP contribution is 2.49. The third-order valence-corrected chi connectivity index (χ3v) is 5.86. The van der Waals surface area contributed by atoms with Crippen molar-refractivity contribution >= 4 is 28.9 Å². The molecule has 3 aliphatic rings. The number of piperazine rings is 1. The Kier molecular flexibility index (Phi) is 5.20. The van der Waals surface area contributed by atoms with Gasteiger partial charge < -0.3 is 15.5 Å². The molecular weight excluding hydrogens is 406 g/mol. The van der Waals surface area contributed by atoms with Gasteiger partial charge in [0, 0.05) is 51.5 Å². The zero-order valence-corrected chi connectivity index (χ0v) is 18.1. The average Bonchev–Trinajstić information content (AvgIpc) is 3.34. The Bertz CT molecular complexity index is 1130. The monoisotopic (exact) mass is 431 g/mol. The van der Waals surface area contributed by atoms with Gasteiger partial charge in [0.1, 0.15) is 11.7 Å². The van der Waals surface area contributed by atoms with Crippen molar-refractivity contribution in [1.82, 2.24) is 15.8 Å². The molecule has 0 spiro atoms. The summed E-state index contributed by atoms with van der Waals surface area (Å²) in [6, 6.07) is 12.7. The van der Waals surface area contributed by atoms with Gasteiger partial charge in [-0.3, -0.25) is 10.2 Å². The Balaban J connectivity index is 1.45. The number of rotatable bonds is 4.